The molecule has 33 heavy (non-hydrogen) atoms. The Balaban J connectivity index is 0.000000146. The number of hydrogen-bond donors (Lipinski definition) is 0. The van der Waals surface area contributed by atoms with Gasteiger partial charge in [-0.15, -0.1) is 0 Å². The van der Waals surface area contributed by atoms with Crippen LogP contribution in [0.1, 0.15) is 85.5 Å². The lowest BCUT2D eigenvalue weighted by atomic mass is 9.84. The third kappa shape index (κ3) is 5.52. The summed E-state index contributed by atoms with van der Waals surface area (Å²) < 4.78 is 13.6. The summed E-state index contributed by atoms with van der Waals surface area (Å²) in [7, 11) is 2.23. The molecule has 3 aliphatic carbocycles. The Bertz CT molecular complexity index is 911. The van der Waals surface area contributed by atoms with Gasteiger partial charge < -0.3 is 9.80 Å². The minimum Gasteiger partial charge on any atom is -0.304 e. The van der Waals surface area contributed by atoms with E-state index in [4.69, 9.17) is 0 Å². The van der Waals surface area contributed by atoms with Crippen LogP contribution >= 0.6 is 0 Å². The first-order valence-electron chi connectivity index (χ1n) is 13.4. The zero-order valence-electron chi connectivity index (χ0n) is 20.4. The number of hydrogen-bond acceptors (Lipinski definition) is 2. The van der Waals surface area contributed by atoms with Crippen molar-refractivity contribution in [3.05, 3.63) is 70.5 Å². The van der Waals surface area contributed by atoms with E-state index in [9.17, 15) is 4.39 Å². The molecule has 0 aromatic heterocycles. The minimum absolute atomic E-state index is 0.0876. The molecule has 0 spiro atoms. The highest BCUT2D eigenvalue weighted by atomic mass is 19.1. The molecule has 0 radical (unpaired) electrons. The van der Waals surface area contributed by atoms with Crippen molar-refractivity contribution in [2.75, 3.05) is 39.8 Å². The van der Waals surface area contributed by atoms with Crippen LogP contribution in [-0.4, -0.2) is 49.6 Å². The third-order valence-electron chi connectivity index (χ3n) is 8.70. The first-order chi connectivity index (χ1) is 16.2. The van der Waals surface area contributed by atoms with E-state index in [2.05, 4.69) is 41.1 Å². The highest BCUT2D eigenvalue weighted by molar-refractivity contribution is 5.46. The van der Waals surface area contributed by atoms with Crippen LogP contribution in [0.25, 0.3) is 0 Å². The van der Waals surface area contributed by atoms with Crippen molar-refractivity contribution in [2.24, 2.45) is 5.92 Å². The van der Waals surface area contributed by atoms with Crippen LogP contribution in [0.5, 0.6) is 0 Å². The van der Waals surface area contributed by atoms with Crippen molar-refractivity contribution in [2.45, 2.75) is 69.6 Å². The molecule has 2 aromatic carbocycles. The molecule has 2 atom stereocenters. The molecule has 3 heteroatoms. The van der Waals surface area contributed by atoms with Crippen LogP contribution in [0, 0.1) is 11.7 Å². The second kappa shape index (κ2) is 10.7. The SMILES string of the molecule is CN1CCN(CC2CCCCC2)CC1.Fc1ccc2c(c1)C1CCC[C@@H]1c1ccccc1C2. The highest BCUT2D eigenvalue weighted by Gasteiger charge is 2.34. The molecule has 2 saturated carbocycles. The van der Waals surface area contributed by atoms with Crippen molar-refractivity contribution in [1.82, 2.24) is 9.80 Å². The molecule has 2 aromatic rings. The molecule has 3 fully saturated rings. The molecule has 1 saturated heterocycles. The summed E-state index contributed by atoms with van der Waals surface area (Å²) in [4.78, 5) is 5.12. The molecule has 0 bridgehead atoms. The Morgan fingerprint density at radius 1 is 0.758 bits per heavy atom. The second-order valence-corrected chi connectivity index (χ2v) is 11.0. The van der Waals surface area contributed by atoms with Gasteiger partial charge in [-0.05, 0) is 91.3 Å². The fourth-order valence-corrected chi connectivity index (χ4v) is 6.80. The standard InChI is InChI=1S/C18H17F.C12H24N2/c19-14-9-8-13-10-12-4-1-2-5-15(12)16-6-3-7-17(16)18(13)11-14;1-13-7-9-14(10-8-13)11-12-5-3-2-4-6-12/h1-2,4-5,8-9,11,16-17H,3,6-7,10H2;12H,2-11H2,1H3/t16-,17?;/m1./s1. The predicted octanol–water partition coefficient (Wildman–Crippen LogP) is 6.60. The molecule has 1 aliphatic heterocycles. The number of likely N-dealkylation sites (N-methyl/N-ethyl adjacent to an activating group) is 1. The minimum atomic E-state index is -0.0876. The predicted molar refractivity (Wildman–Crippen MR) is 135 cm³/mol. The summed E-state index contributed by atoms with van der Waals surface area (Å²) in [5, 5.41) is 0. The third-order valence-corrected chi connectivity index (χ3v) is 8.70. The summed E-state index contributed by atoms with van der Waals surface area (Å²) in [5.41, 5.74) is 5.52. The Kier molecular flexibility index (Phi) is 7.47. The number of fused-ring (bicyclic) bond motifs is 5. The summed E-state index contributed by atoms with van der Waals surface area (Å²) in [6.07, 6.45) is 12.1. The van der Waals surface area contributed by atoms with Gasteiger partial charge in [-0.2, -0.15) is 0 Å². The molecule has 0 amide bonds. The Morgan fingerprint density at radius 2 is 1.45 bits per heavy atom. The largest absolute Gasteiger partial charge is 0.304 e. The Morgan fingerprint density at radius 3 is 2.24 bits per heavy atom. The monoisotopic (exact) mass is 448 g/mol. The van der Waals surface area contributed by atoms with Gasteiger partial charge >= 0.3 is 0 Å². The van der Waals surface area contributed by atoms with Crippen LogP contribution in [-0.2, 0) is 6.42 Å². The quantitative estimate of drug-likeness (QED) is 0.511. The lowest BCUT2D eigenvalue weighted by molar-refractivity contribution is 0.125. The summed E-state index contributed by atoms with van der Waals surface area (Å²) in [6.45, 7) is 6.52. The molecule has 178 valence electrons. The topological polar surface area (TPSA) is 6.48 Å². The van der Waals surface area contributed by atoms with E-state index in [1.54, 1.807) is 12.1 Å². The van der Waals surface area contributed by atoms with Crippen LogP contribution < -0.4 is 0 Å². The van der Waals surface area contributed by atoms with E-state index in [1.165, 1.54) is 106 Å². The molecule has 1 heterocycles. The maximum absolute atomic E-state index is 13.6. The van der Waals surface area contributed by atoms with E-state index < -0.39 is 0 Å². The van der Waals surface area contributed by atoms with E-state index >= 15 is 0 Å². The van der Waals surface area contributed by atoms with Crippen LogP contribution in [0.2, 0.25) is 0 Å². The summed E-state index contributed by atoms with van der Waals surface area (Å²) in [5.74, 6) is 2.05. The average Bonchev–Trinajstić information content (AvgIpc) is 3.28. The molecule has 6 rings (SSSR count). The first-order valence-corrected chi connectivity index (χ1v) is 13.4. The average molecular weight is 449 g/mol. The zero-order chi connectivity index (χ0) is 22.6. The maximum atomic E-state index is 13.6. The van der Waals surface area contributed by atoms with Gasteiger partial charge in [0.15, 0.2) is 0 Å². The van der Waals surface area contributed by atoms with Gasteiger partial charge in [-0.25, -0.2) is 4.39 Å². The molecule has 0 N–H and O–H groups in total. The first kappa shape index (κ1) is 23.1. The lowest BCUT2D eigenvalue weighted by Gasteiger charge is -2.35. The van der Waals surface area contributed by atoms with E-state index in [0.29, 0.717) is 11.8 Å². The molecular formula is C30H41FN2. The molecule has 1 unspecified atom stereocenters. The number of rotatable bonds is 2. The van der Waals surface area contributed by atoms with Gasteiger partial charge in [0.2, 0.25) is 0 Å². The van der Waals surface area contributed by atoms with Crippen molar-refractivity contribution in [3.8, 4) is 0 Å². The Labute approximate surface area is 200 Å². The smallest absolute Gasteiger partial charge is 0.123 e. The Hall–Kier alpha value is -1.71. The van der Waals surface area contributed by atoms with Gasteiger partial charge in [0, 0.05) is 32.7 Å². The van der Waals surface area contributed by atoms with Crippen molar-refractivity contribution in [3.63, 3.8) is 0 Å². The van der Waals surface area contributed by atoms with Gasteiger partial charge in [-0.1, -0.05) is 56.0 Å². The number of nitrogens with zero attached hydrogens (tertiary/aromatic N) is 2. The van der Waals surface area contributed by atoms with Crippen LogP contribution in [0.15, 0.2) is 42.5 Å². The van der Waals surface area contributed by atoms with Crippen molar-refractivity contribution < 1.29 is 4.39 Å². The van der Waals surface area contributed by atoms with E-state index in [1.807, 2.05) is 6.07 Å². The van der Waals surface area contributed by atoms with Crippen molar-refractivity contribution in [1.29, 1.82) is 0 Å². The molecular weight excluding hydrogens is 407 g/mol. The van der Waals surface area contributed by atoms with Crippen LogP contribution in [0.4, 0.5) is 4.39 Å². The molecule has 2 nitrogen and oxygen atoms in total. The number of benzene rings is 2. The normalized spacial score (nSPS) is 25.9. The molecule has 4 aliphatic rings. The van der Waals surface area contributed by atoms with Gasteiger partial charge in [0.25, 0.3) is 0 Å². The number of halogens is 1. The van der Waals surface area contributed by atoms with Gasteiger partial charge in [0.1, 0.15) is 5.82 Å². The van der Waals surface area contributed by atoms with E-state index in [-0.39, 0.29) is 5.82 Å². The lowest BCUT2D eigenvalue weighted by Crippen LogP contribution is -2.46. The van der Waals surface area contributed by atoms with Gasteiger partial charge in [-0.3, -0.25) is 0 Å². The van der Waals surface area contributed by atoms with Crippen LogP contribution in [0.3, 0.4) is 0 Å². The van der Waals surface area contributed by atoms with Crippen molar-refractivity contribution >= 4 is 0 Å². The fourth-order valence-electron chi connectivity index (χ4n) is 6.80. The second-order valence-electron chi connectivity index (χ2n) is 11.0. The summed E-state index contributed by atoms with van der Waals surface area (Å²) in [6, 6.07) is 14.2. The zero-order valence-corrected chi connectivity index (χ0v) is 20.4. The fraction of sp³-hybridized carbons (Fsp3) is 0.600. The van der Waals surface area contributed by atoms with Gasteiger partial charge in [0.05, 0.1) is 0 Å². The van der Waals surface area contributed by atoms with E-state index in [0.717, 1.165) is 12.3 Å². The summed E-state index contributed by atoms with van der Waals surface area (Å²) >= 11 is 0. The highest BCUT2D eigenvalue weighted by Crippen LogP contribution is 2.50. The maximum Gasteiger partial charge on any atom is 0.123 e. The number of piperazine rings is 1.